The Morgan fingerprint density at radius 2 is 1.52 bits per heavy atom. The van der Waals surface area contributed by atoms with E-state index in [2.05, 4.69) is 4.90 Å². The highest BCUT2D eigenvalue weighted by molar-refractivity contribution is 6.30. The molecule has 2 fully saturated rings. The molecule has 2 aliphatic heterocycles. The van der Waals surface area contributed by atoms with Crippen LogP contribution in [0.5, 0.6) is 0 Å². The fourth-order valence-electron chi connectivity index (χ4n) is 4.18. The molecule has 0 saturated carbocycles. The van der Waals surface area contributed by atoms with E-state index in [0.717, 1.165) is 69.7 Å². The first-order valence-electron chi connectivity index (χ1n) is 10.4. The van der Waals surface area contributed by atoms with E-state index in [0.29, 0.717) is 12.3 Å². The first-order valence-corrected chi connectivity index (χ1v) is 10.8. The van der Waals surface area contributed by atoms with Crippen molar-refractivity contribution in [1.29, 1.82) is 0 Å². The van der Waals surface area contributed by atoms with Crippen LogP contribution in [0.25, 0.3) is 0 Å². The minimum absolute atomic E-state index is 0.112. The molecular weight excluding hydrogens is 360 g/mol. The van der Waals surface area contributed by atoms with Crippen LogP contribution in [-0.2, 0) is 16.0 Å². The summed E-state index contributed by atoms with van der Waals surface area (Å²) >= 11 is 5.90. The number of benzene rings is 1. The molecule has 2 amide bonds. The summed E-state index contributed by atoms with van der Waals surface area (Å²) in [5.74, 6) is 0.664. The second kappa shape index (κ2) is 10.1. The average molecular weight is 391 g/mol. The molecule has 2 aliphatic rings. The SMILES string of the molecule is O=C(CCCc1ccc(Cl)cc1)N1CCC(C(=O)N2CCCCCC2)CC1. The minimum Gasteiger partial charge on any atom is -0.343 e. The molecule has 0 unspecified atom stereocenters. The summed E-state index contributed by atoms with van der Waals surface area (Å²) in [5.41, 5.74) is 1.22. The number of nitrogens with zero attached hydrogens (tertiary/aromatic N) is 2. The third kappa shape index (κ3) is 5.97. The Morgan fingerprint density at radius 1 is 0.889 bits per heavy atom. The lowest BCUT2D eigenvalue weighted by molar-refractivity contribution is -0.140. The van der Waals surface area contributed by atoms with Gasteiger partial charge >= 0.3 is 0 Å². The maximum Gasteiger partial charge on any atom is 0.225 e. The summed E-state index contributed by atoms with van der Waals surface area (Å²) in [6, 6.07) is 7.83. The largest absolute Gasteiger partial charge is 0.343 e. The summed E-state index contributed by atoms with van der Waals surface area (Å²) < 4.78 is 0. The normalized spacial score (nSPS) is 19.0. The highest BCUT2D eigenvalue weighted by Crippen LogP contribution is 2.22. The van der Waals surface area contributed by atoms with Crippen molar-refractivity contribution < 1.29 is 9.59 Å². The average Bonchev–Trinajstić information content (AvgIpc) is 2.98. The quantitative estimate of drug-likeness (QED) is 0.751. The van der Waals surface area contributed by atoms with E-state index in [4.69, 9.17) is 11.6 Å². The molecule has 0 aliphatic carbocycles. The zero-order valence-electron chi connectivity index (χ0n) is 16.2. The van der Waals surface area contributed by atoms with Crippen LogP contribution in [-0.4, -0.2) is 47.8 Å². The molecule has 27 heavy (non-hydrogen) atoms. The van der Waals surface area contributed by atoms with Gasteiger partial charge in [0.2, 0.25) is 11.8 Å². The number of carbonyl (C=O) groups is 2. The van der Waals surface area contributed by atoms with E-state index >= 15 is 0 Å². The Kier molecular flexibility index (Phi) is 7.57. The second-order valence-electron chi connectivity index (χ2n) is 7.87. The van der Waals surface area contributed by atoms with Crippen molar-refractivity contribution in [2.24, 2.45) is 5.92 Å². The van der Waals surface area contributed by atoms with Crippen LogP contribution in [0.15, 0.2) is 24.3 Å². The summed E-state index contributed by atoms with van der Waals surface area (Å²) in [5, 5.41) is 0.743. The number of carbonyl (C=O) groups excluding carboxylic acids is 2. The van der Waals surface area contributed by atoms with Gasteiger partial charge in [-0.15, -0.1) is 0 Å². The Bertz CT molecular complexity index is 616. The Labute approximate surface area is 167 Å². The monoisotopic (exact) mass is 390 g/mol. The summed E-state index contributed by atoms with van der Waals surface area (Å²) in [6.07, 6.45) is 8.72. The Morgan fingerprint density at radius 3 is 2.15 bits per heavy atom. The Hall–Kier alpha value is -1.55. The van der Waals surface area contributed by atoms with Crippen LogP contribution >= 0.6 is 11.6 Å². The zero-order chi connectivity index (χ0) is 19.1. The van der Waals surface area contributed by atoms with Crippen molar-refractivity contribution in [2.45, 2.75) is 57.8 Å². The van der Waals surface area contributed by atoms with Crippen molar-refractivity contribution in [3.63, 3.8) is 0 Å². The third-order valence-corrected chi connectivity index (χ3v) is 6.14. The number of rotatable bonds is 5. The van der Waals surface area contributed by atoms with Crippen molar-refractivity contribution in [2.75, 3.05) is 26.2 Å². The number of amides is 2. The number of likely N-dealkylation sites (tertiary alicyclic amines) is 2. The fraction of sp³-hybridized carbons (Fsp3) is 0.636. The van der Waals surface area contributed by atoms with Gasteiger partial charge < -0.3 is 9.80 Å². The molecule has 3 rings (SSSR count). The fourth-order valence-corrected chi connectivity index (χ4v) is 4.30. The molecule has 0 spiro atoms. The third-order valence-electron chi connectivity index (χ3n) is 5.88. The first-order chi connectivity index (χ1) is 13.1. The molecule has 4 nitrogen and oxygen atoms in total. The van der Waals surface area contributed by atoms with Crippen molar-refractivity contribution in [3.05, 3.63) is 34.9 Å². The molecule has 5 heteroatoms. The van der Waals surface area contributed by atoms with Crippen LogP contribution in [0.2, 0.25) is 5.02 Å². The first kappa shape index (κ1) is 20.2. The van der Waals surface area contributed by atoms with Gasteiger partial charge in [0, 0.05) is 43.5 Å². The smallest absolute Gasteiger partial charge is 0.225 e. The van der Waals surface area contributed by atoms with Gasteiger partial charge in [0.15, 0.2) is 0 Å². The highest BCUT2D eigenvalue weighted by Gasteiger charge is 2.30. The lowest BCUT2D eigenvalue weighted by Crippen LogP contribution is -2.44. The van der Waals surface area contributed by atoms with Crippen LogP contribution in [0.1, 0.15) is 56.9 Å². The summed E-state index contributed by atoms with van der Waals surface area (Å²) in [7, 11) is 0. The zero-order valence-corrected chi connectivity index (χ0v) is 16.9. The molecule has 2 saturated heterocycles. The number of halogens is 1. The standard InChI is InChI=1S/C22H31ClN2O2/c23-20-10-8-18(9-11-20)6-5-7-21(26)24-16-12-19(13-17-24)22(27)25-14-3-1-2-4-15-25/h8-11,19H,1-7,12-17H2. The van der Waals surface area contributed by atoms with Gasteiger partial charge in [-0.2, -0.15) is 0 Å². The van der Waals surface area contributed by atoms with Gasteiger partial charge in [-0.1, -0.05) is 36.6 Å². The van der Waals surface area contributed by atoms with E-state index < -0.39 is 0 Å². The number of hydrogen-bond acceptors (Lipinski definition) is 2. The lowest BCUT2D eigenvalue weighted by Gasteiger charge is -2.34. The predicted molar refractivity (Wildman–Crippen MR) is 109 cm³/mol. The molecule has 0 N–H and O–H groups in total. The van der Waals surface area contributed by atoms with Crippen LogP contribution < -0.4 is 0 Å². The maximum absolute atomic E-state index is 12.7. The summed E-state index contributed by atoms with van der Waals surface area (Å²) in [6.45, 7) is 3.29. The van der Waals surface area contributed by atoms with Gasteiger partial charge in [0.25, 0.3) is 0 Å². The van der Waals surface area contributed by atoms with E-state index in [9.17, 15) is 9.59 Å². The molecule has 2 heterocycles. The van der Waals surface area contributed by atoms with E-state index in [1.165, 1.54) is 18.4 Å². The number of aryl methyl sites for hydroxylation is 1. The predicted octanol–water partition coefficient (Wildman–Crippen LogP) is 4.30. The van der Waals surface area contributed by atoms with Crippen molar-refractivity contribution in [1.82, 2.24) is 9.80 Å². The van der Waals surface area contributed by atoms with Crippen LogP contribution in [0.3, 0.4) is 0 Å². The maximum atomic E-state index is 12.7. The van der Waals surface area contributed by atoms with Gasteiger partial charge in [-0.25, -0.2) is 0 Å². The molecule has 1 aromatic carbocycles. The van der Waals surface area contributed by atoms with E-state index in [-0.39, 0.29) is 11.8 Å². The van der Waals surface area contributed by atoms with E-state index in [1.807, 2.05) is 29.2 Å². The van der Waals surface area contributed by atoms with E-state index in [1.54, 1.807) is 0 Å². The van der Waals surface area contributed by atoms with Crippen LogP contribution in [0.4, 0.5) is 0 Å². The molecule has 0 radical (unpaired) electrons. The Balaban J connectivity index is 1.38. The van der Waals surface area contributed by atoms with Gasteiger partial charge in [0.05, 0.1) is 0 Å². The van der Waals surface area contributed by atoms with Gasteiger partial charge in [0.1, 0.15) is 0 Å². The van der Waals surface area contributed by atoms with Crippen LogP contribution in [0, 0.1) is 5.92 Å². The molecule has 1 aromatic rings. The van der Waals surface area contributed by atoms with Gasteiger partial charge in [-0.05, 0) is 56.2 Å². The topological polar surface area (TPSA) is 40.6 Å². The molecule has 0 bridgehead atoms. The highest BCUT2D eigenvalue weighted by atomic mass is 35.5. The molecule has 148 valence electrons. The van der Waals surface area contributed by atoms with Gasteiger partial charge in [-0.3, -0.25) is 9.59 Å². The number of hydrogen-bond donors (Lipinski definition) is 0. The van der Waals surface area contributed by atoms with Crippen molar-refractivity contribution in [3.8, 4) is 0 Å². The lowest BCUT2D eigenvalue weighted by atomic mass is 9.94. The second-order valence-corrected chi connectivity index (χ2v) is 8.31. The molecular formula is C22H31ClN2O2. The minimum atomic E-state index is 0.112. The van der Waals surface area contributed by atoms with Crippen molar-refractivity contribution >= 4 is 23.4 Å². The summed E-state index contributed by atoms with van der Waals surface area (Å²) in [4.78, 5) is 29.2. The molecule has 0 atom stereocenters. The number of piperidine rings is 1. The molecule has 0 aromatic heterocycles.